The first kappa shape index (κ1) is 30.5. The number of hydrogen-bond donors (Lipinski definition) is 2. The van der Waals surface area contributed by atoms with Gasteiger partial charge in [-0.25, -0.2) is 0 Å². The van der Waals surface area contributed by atoms with Crippen LogP contribution in [0, 0.1) is 0 Å². The normalized spacial score (nSPS) is 18.3. The van der Waals surface area contributed by atoms with Crippen molar-refractivity contribution in [1.29, 1.82) is 0 Å². The molecule has 0 bridgehead atoms. The summed E-state index contributed by atoms with van der Waals surface area (Å²) < 4.78 is 0. The molecule has 4 amide bonds. The summed E-state index contributed by atoms with van der Waals surface area (Å²) in [5, 5.41) is 8.68. The molecule has 3 unspecified atom stereocenters. The maximum atomic E-state index is 14.2. The van der Waals surface area contributed by atoms with E-state index in [1.165, 1.54) is 6.92 Å². The zero-order chi connectivity index (χ0) is 30.5. The predicted molar refractivity (Wildman–Crippen MR) is 167 cm³/mol. The van der Waals surface area contributed by atoms with Crippen LogP contribution >= 0.6 is 11.6 Å². The molecule has 1 heterocycles. The second-order valence-electron chi connectivity index (χ2n) is 11.6. The van der Waals surface area contributed by atoms with Crippen LogP contribution in [0.15, 0.2) is 66.7 Å². The van der Waals surface area contributed by atoms with Crippen molar-refractivity contribution in [1.82, 2.24) is 20.4 Å². The van der Waals surface area contributed by atoms with E-state index in [1.807, 2.05) is 55.5 Å². The Morgan fingerprint density at radius 3 is 2.30 bits per heavy atom. The van der Waals surface area contributed by atoms with E-state index in [0.29, 0.717) is 24.3 Å². The van der Waals surface area contributed by atoms with Crippen LogP contribution in [0.1, 0.15) is 50.7 Å². The van der Waals surface area contributed by atoms with Crippen LogP contribution in [0.5, 0.6) is 0 Å². The second kappa shape index (κ2) is 13.6. The molecule has 1 aliphatic heterocycles. The first-order valence-corrected chi connectivity index (χ1v) is 15.5. The van der Waals surface area contributed by atoms with Crippen LogP contribution in [0.2, 0.25) is 5.02 Å². The molecule has 1 aliphatic carbocycles. The van der Waals surface area contributed by atoms with Gasteiger partial charge in [0.15, 0.2) is 0 Å². The Kier molecular flexibility index (Phi) is 9.65. The summed E-state index contributed by atoms with van der Waals surface area (Å²) >= 11 is 6.04. The van der Waals surface area contributed by atoms with Gasteiger partial charge in [0.05, 0.1) is 0 Å². The van der Waals surface area contributed by atoms with Gasteiger partial charge in [-0.1, -0.05) is 79.5 Å². The summed E-state index contributed by atoms with van der Waals surface area (Å²) in [7, 11) is 0. The Labute approximate surface area is 257 Å². The molecular formula is C34H39ClN4O4. The fourth-order valence-corrected chi connectivity index (χ4v) is 6.02. The number of piperazine rings is 1. The number of benzene rings is 3. The Bertz CT molecular complexity index is 1490. The van der Waals surface area contributed by atoms with Crippen LogP contribution in [0.3, 0.4) is 0 Å². The average Bonchev–Trinajstić information content (AvgIpc) is 3.81. The van der Waals surface area contributed by atoms with Gasteiger partial charge in [0.25, 0.3) is 0 Å². The molecule has 1 saturated heterocycles. The molecule has 5 rings (SSSR count). The Balaban J connectivity index is 1.39. The quantitative estimate of drug-likeness (QED) is 0.342. The van der Waals surface area contributed by atoms with E-state index in [9.17, 15) is 19.2 Å². The van der Waals surface area contributed by atoms with E-state index in [4.69, 9.17) is 11.6 Å². The average molecular weight is 603 g/mol. The number of carbonyl (C=O) groups excluding carboxylic acids is 4. The molecule has 3 aromatic carbocycles. The monoisotopic (exact) mass is 602 g/mol. The fourth-order valence-electron chi connectivity index (χ4n) is 5.89. The molecule has 226 valence electrons. The van der Waals surface area contributed by atoms with Gasteiger partial charge < -0.3 is 20.4 Å². The van der Waals surface area contributed by atoms with Gasteiger partial charge in [-0.2, -0.15) is 0 Å². The lowest BCUT2D eigenvalue weighted by Crippen LogP contribution is -2.65. The van der Waals surface area contributed by atoms with Gasteiger partial charge >= 0.3 is 0 Å². The minimum absolute atomic E-state index is 0.155. The molecule has 2 aliphatic rings. The van der Waals surface area contributed by atoms with Crippen LogP contribution in [0.25, 0.3) is 10.8 Å². The molecule has 8 nitrogen and oxygen atoms in total. The summed E-state index contributed by atoms with van der Waals surface area (Å²) in [5.74, 6) is -1.01. The maximum Gasteiger partial charge on any atom is 0.246 e. The Hall–Kier alpha value is -3.91. The van der Waals surface area contributed by atoms with Crippen LogP contribution in [0.4, 0.5) is 0 Å². The van der Waals surface area contributed by atoms with Crippen LogP contribution in [-0.2, 0) is 32.0 Å². The van der Waals surface area contributed by atoms with Crippen molar-refractivity contribution >= 4 is 46.0 Å². The predicted octanol–water partition coefficient (Wildman–Crippen LogP) is 4.27. The zero-order valence-corrected chi connectivity index (χ0v) is 25.5. The maximum absolute atomic E-state index is 14.2. The van der Waals surface area contributed by atoms with E-state index in [0.717, 1.165) is 34.7 Å². The molecule has 1 saturated carbocycles. The van der Waals surface area contributed by atoms with Crippen LogP contribution in [-0.4, -0.2) is 70.7 Å². The molecule has 3 aromatic rings. The molecule has 2 N–H and O–H groups in total. The highest BCUT2D eigenvalue weighted by Crippen LogP contribution is 2.25. The standard InChI is InChI=1S/C34H39ClN4O4/c1-3-6-30-34(43)39(18-17-38(30)33(42)29(36-22(2)40)20-23-10-13-27(35)14-11-23)31(32(41)37-28-15-16-28)21-24-9-12-25-7-4-5-8-26(25)19-24/h4-5,7-14,19,28-31H,3,6,15-18,20-21H2,1-2H3,(H,36,40)(H,37,41). The van der Waals surface area contributed by atoms with Crippen molar-refractivity contribution in [2.75, 3.05) is 13.1 Å². The van der Waals surface area contributed by atoms with Crippen molar-refractivity contribution in [3.63, 3.8) is 0 Å². The third-order valence-corrected chi connectivity index (χ3v) is 8.50. The highest BCUT2D eigenvalue weighted by Gasteiger charge is 2.43. The molecule has 0 radical (unpaired) electrons. The van der Waals surface area contributed by atoms with Gasteiger partial charge in [-0.05, 0) is 53.3 Å². The molecule has 43 heavy (non-hydrogen) atoms. The number of rotatable bonds is 11. The zero-order valence-electron chi connectivity index (χ0n) is 24.7. The molecule has 0 spiro atoms. The summed E-state index contributed by atoms with van der Waals surface area (Å²) in [5.41, 5.74) is 1.82. The van der Waals surface area contributed by atoms with Gasteiger partial charge in [0.1, 0.15) is 18.1 Å². The van der Waals surface area contributed by atoms with Crippen molar-refractivity contribution in [2.24, 2.45) is 0 Å². The van der Waals surface area contributed by atoms with E-state index in [-0.39, 0.29) is 49.2 Å². The lowest BCUT2D eigenvalue weighted by Gasteiger charge is -2.44. The number of halogens is 1. The molecule has 0 aromatic heterocycles. The largest absolute Gasteiger partial charge is 0.352 e. The Morgan fingerprint density at radius 1 is 0.930 bits per heavy atom. The highest BCUT2D eigenvalue weighted by molar-refractivity contribution is 6.30. The van der Waals surface area contributed by atoms with Crippen molar-refractivity contribution in [3.05, 3.63) is 82.9 Å². The number of fused-ring (bicyclic) bond motifs is 1. The van der Waals surface area contributed by atoms with Gasteiger partial charge in [-0.3, -0.25) is 19.2 Å². The summed E-state index contributed by atoms with van der Waals surface area (Å²) in [6.45, 7) is 3.86. The summed E-state index contributed by atoms with van der Waals surface area (Å²) in [6.07, 6.45) is 3.69. The van der Waals surface area contributed by atoms with Gasteiger partial charge in [0.2, 0.25) is 23.6 Å². The van der Waals surface area contributed by atoms with E-state index in [2.05, 4.69) is 16.7 Å². The minimum Gasteiger partial charge on any atom is -0.352 e. The van der Waals surface area contributed by atoms with E-state index in [1.54, 1.807) is 21.9 Å². The molecule has 2 fully saturated rings. The first-order valence-electron chi connectivity index (χ1n) is 15.1. The van der Waals surface area contributed by atoms with Crippen molar-refractivity contribution in [3.8, 4) is 0 Å². The first-order chi connectivity index (χ1) is 20.7. The molecular weight excluding hydrogens is 564 g/mol. The number of hydrogen-bond acceptors (Lipinski definition) is 4. The second-order valence-corrected chi connectivity index (χ2v) is 12.1. The van der Waals surface area contributed by atoms with Crippen molar-refractivity contribution in [2.45, 2.75) is 76.5 Å². The van der Waals surface area contributed by atoms with Crippen LogP contribution < -0.4 is 10.6 Å². The summed E-state index contributed by atoms with van der Waals surface area (Å²) in [4.78, 5) is 57.1. The van der Waals surface area contributed by atoms with Gasteiger partial charge in [-0.15, -0.1) is 0 Å². The number of nitrogens with zero attached hydrogens (tertiary/aromatic N) is 2. The summed E-state index contributed by atoms with van der Waals surface area (Å²) in [6, 6.07) is 19.3. The fraction of sp³-hybridized carbons (Fsp3) is 0.412. The lowest BCUT2D eigenvalue weighted by atomic mass is 9.96. The number of carbonyl (C=O) groups is 4. The topological polar surface area (TPSA) is 98.8 Å². The SMILES string of the molecule is CCCC1C(=O)N(C(Cc2ccc3ccccc3c2)C(=O)NC2CC2)CCN1C(=O)C(Cc1ccc(Cl)cc1)NC(C)=O. The lowest BCUT2D eigenvalue weighted by molar-refractivity contribution is -0.157. The number of amides is 4. The molecule has 9 heteroatoms. The van der Waals surface area contributed by atoms with E-state index >= 15 is 0 Å². The van der Waals surface area contributed by atoms with Crippen molar-refractivity contribution < 1.29 is 19.2 Å². The minimum atomic E-state index is -0.830. The number of nitrogens with one attached hydrogen (secondary N) is 2. The third-order valence-electron chi connectivity index (χ3n) is 8.25. The Morgan fingerprint density at radius 2 is 1.63 bits per heavy atom. The van der Waals surface area contributed by atoms with Gasteiger partial charge in [0, 0.05) is 43.9 Å². The van der Waals surface area contributed by atoms with E-state index < -0.39 is 18.1 Å². The third kappa shape index (κ3) is 7.54. The molecule has 3 atom stereocenters. The highest BCUT2D eigenvalue weighted by atomic mass is 35.5. The smallest absolute Gasteiger partial charge is 0.246 e.